The lowest BCUT2D eigenvalue weighted by Crippen LogP contribution is -2.02. The van der Waals surface area contributed by atoms with Crippen LogP contribution in [0.1, 0.15) is 153 Å². The second-order valence-corrected chi connectivity index (χ2v) is 9.51. The van der Waals surface area contributed by atoms with Gasteiger partial charge in [0.25, 0.3) is 0 Å². The van der Waals surface area contributed by atoms with E-state index in [0.717, 1.165) is 0 Å². The lowest BCUT2D eigenvalue weighted by molar-refractivity contribution is 0.593. The molecule has 0 atom stereocenters. The van der Waals surface area contributed by atoms with Gasteiger partial charge in [-0.25, -0.2) is 0 Å². The van der Waals surface area contributed by atoms with Crippen LogP contribution in [0.5, 0.6) is 0 Å². The SMILES string of the molecule is CCCCCCCCc1[c]ccc(CCCCCCCC)c1CCCCCCCC. The molecule has 0 heteroatoms. The zero-order chi connectivity index (χ0) is 21.7. The minimum Gasteiger partial charge on any atom is -0.0654 e. The molecule has 0 N–H and O–H groups in total. The van der Waals surface area contributed by atoms with Gasteiger partial charge in [0.05, 0.1) is 0 Å². The van der Waals surface area contributed by atoms with E-state index in [1.807, 2.05) is 0 Å². The van der Waals surface area contributed by atoms with E-state index >= 15 is 0 Å². The van der Waals surface area contributed by atoms with E-state index in [4.69, 9.17) is 0 Å². The van der Waals surface area contributed by atoms with Crippen LogP contribution in [0, 0.1) is 6.07 Å². The van der Waals surface area contributed by atoms with Crippen molar-refractivity contribution in [2.75, 3.05) is 0 Å². The fourth-order valence-electron chi connectivity index (χ4n) is 4.65. The highest BCUT2D eigenvalue weighted by atomic mass is 14.1. The molecular weight excluding hydrogens is 360 g/mol. The molecule has 0 unspecified atom stereocenters. The minimum atomic E-state index is 1.25. The summed E-state index contributed by atoms with van der Waals surface area (Å²) in [6.45, 7) is 6.92. The second-order valence-electron chi connectivity index (χ2n) is 9.51. The molecule has 0 fully saturated rings. The molecule has 0 amide bonds. The maximum atomic E-state index is 3.66. The molecule has 0 nitrogen and oxygen atoms in total. The van der Waals surface area contributed by atoms with E-state index in [1.54, 1.807) is 16.7 Å². The molecule has 30 heavy (non-hydrogen) atoms. The third-order valence-electron chi connectivity index (χ3n) is 6.65. The number of benzene rings is 1. The van der Waals surface area contributed by atoms with Crippen molar-refractivity contribution in [1.29, 1.82) is 0 Å². The molecular formula is C30H53. The van der Waals surface area contributed by atoms with Crippen LogP contribution < -0.4 is 0 Å². The maximum Gasteiger partial charge on any atom is -0.0146 e. The van der Waals surface area contributed by atoms with E-state index < -0.39 is 0 Å². The predicted molar refractivity (Wildman–Crippen MR) is 137 cm³/mol. The minimum absolute atomic E-state index is 1.25. The molecule has 173 valence electrons. The van der Waals surface area contributed by atoms with Crippen molar-refractivity contribution in [3.8, 4) is 0 Å². The Bertz CT molecular complexity index is 453. The molecule has 0 aliphatic rings. The van der Waals surface area contributed by atoms with Gasteiger partial charge in [-0.3, -0.25) is 0 Å². The monoisotopic (exact) mass is 413 g/mol. The van der Waals surface area contributed by atoms with E-state index in [0.29, 0.717) is 0 Å². The van der Waals surface area contributed by atoms with Gasteiger partial charge < -0.3 is 0 Å². The Kier molecular flexibility index (Phi) is 18.3. The Balaban J connectivity index is 2.55. The largest absolute Gasteiger partial charge is 0.0654 e. The highest BCUT2D eigenvalue weighted by molar-refractivity contribution is 5.35. The fraction of sp³-hybridized carbons (Fsp3) is 0.800. The quantitative estimate of drug-likeness (QED) is 0.176. The van der Waals surface area contributed by atoms with Gasteiger partial charge in [-0.05, 0) is 61.3 Å². The van der Waals surface area contributed by atoms with Crippen LogP contribution in [0.2, 0.25) is 0 Å². The van der Waals surface area contributed by atoms with Crippen molar-refractivity contribution in [3.63, 3.8) is 0 Å². The van der Waals surface area contributed by atoms with Crippen molar-refractivity contribution in [1.82, 2.24) is 0 Å². The zero-order valence-corrected chi connectivity index (χ0v) is 21.0. The number of rotatable bonds is 21. The summed E-state index contributed by atoms with van der Waals surface area (Å²) >= 11 is 0. The molecule has 1 radical (unpaired) electrons. The summed E-state index contributed by atoms with van der Waals surface area (Å²) < 4.78 is 0. The summed E-state index contributed by atoms with van der Waals surface area (Å²) in [5.74, 6) is 0. The summed E-state index contributed by atoms with van der Waals surface area (Å²) in [6, 6.07) is 8.28. The van der Waals surface area contributed by atoms with Crippen LogP contribution in [-0.2, 0) is 19.3 Å². The van der Waals surface area contributed by atoms with Crippen LogP contribution in [0.4, 0.5) is 0 Å². The van der Waals surface area contributed by atoms with Gasteiger partial charge in [-0.1, -0.05) is 129 Å². The van der Waals surface area contributed by atoms with Gasteiger partial charge >= 0.3 is 0 Å². The first-order chi connectivity index (χ1) is 14.8. The van der Waals surface area contributed by atoms with Crippen LogP contribution in [0.25, 0.3) is 0 Å². The van der Waals surface area contributed by atoms with Gasteiger partial charge in [0.15, 0.2) is 0 Å². The van der Waals surface area contributed by atoms with Crippen molar-refractivity contribution in [2.24, 2.45) is 0 Å². The number of unbranched alkanes of at least 4 members (excludes halogenated alkanes) is 15. The van der Waals surface area contributed by atoms with E-state index in [9.17, 15) is 0 Å². The smallest absolute Gasteiger partial charge is 0.0146 e. The van der Waals surface area contributed by atoms with Crippen molar-refractivity contribution in [3.05, 3.63) is 34.9 Å². The predicted octanol–water partition coefficient (Wildman–Crippen LogP) is 10.2. The van der Waals surface area contributed by atoms with E-state index in [1.165, 1.54) is 135 Å². The second kappa shape index (κ2) is 20.1. The van der Waals surface area contributed by atoms with Gasteiger partial charge in [0.1, 0.15) is 0 Å². The molecule has 1 rings (SSSR count). The molecule has 0 saturated heterocycles. The molecule has 0 aromatic heterocycles. The van der Waals surface area contributed by atoms with E-state index in [2.05, 4.69) is 39.0 Å². The normalized spacial score (nSPS) is 11.3. The van der Waals surface area contributed by atoms with Crippen molar-refractivity contribution < 1.29 is 0 Å². The number of aryl methyl sites for hydroxylation is 2. The highest BCUT2D eigenvalue weighted by Crippen LogP contribution is 2.23. The van der Waals surface area contributed by atoms with Crippen molar-refractivity contribution in [2.45, 2.75) is 156 Å². The van der Waals surface area contributed by atoms with Crippen LogP contribution in [0.15, 0.2) is 12.1 Å². The Hall–Kier alpha value is -0.780. The van der Waals surface area contributed by atoms with Crippen molar-refractivity contribution >= 4 is 0 Å². The summed E-state index contributed by atoms with van der Waals surface area (Å²) in [5.41, 5.74) is 4.90. The van der Waals surface area contributed by atoms with Crippen LogP contribution in [-0.4, -0.2) is 0 Å². The molecule has 0 aliphatic carbocycles. The molecule has 0 aliphatic heterocycles. The first-order valence-electron chi connectivity index (χ1n) is 13.8. The average Bonchev–Trinajstić information content (AvgIpc) is 2.76. The molecule has 0 heterocycles. The summed E-state index contributed by atoms with van der Waals surface area (Å²) in [6.07, 6.45) is 28.9. The Morgan fingerprint density at radius 2 is 0.933 bits per heavy atom. The summed E-state index contributed by atoms with van der Waals surface area (Å²) in [4.78, 5) is 0. The van der Waals surface area contributed by atoms with Gasteiger partial charge in [-0.2, -0.15) is 0 Å². The Morgan fingerprint density at radius 3 is 1.47 bits per heavy atom. The highest BCUT2D eigenvalue weighted by Gasteiger charge is 2.09. The Labute approximate surface area is 190 Å². The summed E-state index contributed by atoms with van der Waals surface area (Å²) in [5, 5.41) is 0. The fourth-order valence-corrected chi connectivity index (χ4v) is 4.65. The molecule has 1 aromatic rings. The van der Waals surface area contributed by atoms with Gasteiger partial charge in [0.2, 0.25) is 0 Å². The molecule has 0 bridgehead atoms. The van der Waals surface area contributed by atoms with Crippen LogP contribution in [0.3, 0.4) is 0 Å². The molecule has 0 saturated carbocycles. The standard InChI is InChI=1S/C30H53/c1-4-7-10-13-16-19-23-28-25-22-26-29(24-20-17-14-11-8-5-2)30(28)27-21-18-15-12-9-6-3/h22,25H,4-21,23-24,27H2,1-3H3. The van der Waals surface area contributed by atoms with Gasteiger partial charge in [-0.15, -0.1) is 0 Å². The summed E-state index contributed by atoms with van der Waals surface area (Å²) in [7, 11) is 0. The van der Waals surface area contributed by atoms with Gasteiger partial charge in [0, 0.05) is 0 Å². The molecule has 0 spiro atoms. The third-order valence-corrected chi connectivity index (χ3v) is 6.65. The number of hydrogen-bond donors (Lipinski definition) is 0. The van der Waals surface area contributed by atoms with Crippen LogP contribution >= 0.6 is 0 Å². The zero-order valence-electron chi connectivity index (χ0n) is 21.0. The lowest BCUT2D eigenvalue weighted by Gasteiger charge is -2.15. The van der Waals surface area contributed by atoms with E-state index in [-0.39, 0.29) is 0 Å². The topological polar surface area (TPSA) is 0 Å². The maximum absolute atomic E-state index is 3.66. The number of hydrogen-bond acceptors (Lipinski definition) is 0. The molecule has 1 aromatic carbocycles. The third kappa shape index (κ3) is 13.5. The lowest BCUT2D eigenvalue weighted by atomic mass is 9.90. The Morgan fingerprint density at radius 1 is 0.500 bits per heavy atom. The first kappa shape index (κ1) is 27.3. The first-order valence-corrected chi connectivity index (χ1v) is 13.8. The average molecular weight is 414 g/mol.